The number of nitrogens with zero attached hydrogens (tertiary/aromatic N) is 4. The Morgan fingerprint density at radius 1 is 0.371 bits per heavy atom. The summed E-state index contributed by atoms with van der Waals surface area (Å²) in [4.78, 5) is 15.3. The van der Waals surface area contributed by atoms with Gasteiger partial charge in [-0.3, -0.25) is 0 Å². The van der Waals surface area contributed by atoms with Crippen LogP contribution in [0.25, 0.3) is 117 Å². The number of benzene rings is 9. The van der Waals surface area contributed by atoms with Crippen molar-refractivity contribution in [2.45, 2.75) is 0 Å². The van der Waals surface area contributed by atoms with Crippen molar-refractivity contribution in [2.75, 3.05) is 0 Å². The topological polar surface area (TPSA) is 56.7 Å². The van der Waals surface area contributed by atoms with Crippen LogP contribution in [0, 0.1) is 0 Å². The summed E-state index contributed by atoms with van der Waals surface area (Å²) < 4.78 is 44.0. The van der Waals surface area contributed by atoms with Crippen molar-refractivity contribution in [3.63, 3.8) is 0 Å². The Hall–Kier alpha value is -8.41. The van der Waals surface area contributed by atoms with Gasteiger partial charge in [0.1, 0.15) is 11.2 Å². The zero-order valence-corrected chi connectivity index (χ0v) is 33.2. The summed E-state index contributed by atoms with van der Waals surface area (Å²) in [5.41, 5.74) is 12.0. The quantitative estimate of drug-likeness (QED) is 0.161. The van der Waals surface area contributed by atoms with Crippen LogP contribution in [0.1, 0.15) is 5.48 Å². The molecule has 5 heteroatoms. The van der Waals surface area contributed by atoms with Gasteiger partial charge in [-0.2, -0.15) is 0 Å². The smallest absolute Gasteiger partial charge is 0.164 e. The van der Waals surface area contributed by atoms with E-state index in [-0.39, 0.29) is 24.2 Å². The van der Waals surface area contributed by atoms with E-state index in [1.807, 2.05) is 126 Å². The van der Waals surface area contributed by atoms with Gasteiger partial charge in [-0.15, -0.1) is 0 Å². The first kappa shape index (κ1) is 31.5. The highest BCUT2D eigenvalue weighted by atomic mass is 16.3. The first-order valence-electron chi connectivity index (χ1n) is 22.5. The van der Waals surface area contributed by atoms with Gasteiger partial charge in [0.25, 0.3) is 0 Å². The highest BCUT2D eigenvalue weighted by Crippen LogP contribution is 2.39. The molecule has 0 aliphatic carbocycles. The Kier molecular flexibility index (Phi) is 7.47. The molecule has 0 saturated carbocycles. The van der Waals surface area contributed by atoms with Gasteiger partial charge in [0.2, 0.25) is 0 Å². The average molecular weight is 797 g/mol. The number of aromatic nitrogens is 4. The third-order valence-electron chi connectivity index (χ3n) is 11.6. The molecular weight excluding hydrogens is 757 g/mol. The van der Waals surface area contributed by atoms with Gasteiger partial charge in [0.05, 0.1) is 16.5 Å². The van der Waals surface area contributed by atoms with Crippen molar-refractivity contribution in [1.82, 2.24) is 19.5 Å². The lowest BCUT2D eigenvalue weighted by molar-refractivity contribution is 0.669. The lowest BCUT2D eigenvalue weighted by Gasteiger charge is -2.13. The van der Waals surface area contributed by atoms with Gasteiger partial charge in [-0.1, -0.05) is 164 Å². The highest BCUT2D eigenvalue weighted by Gasteiger charge is 2.19. The zero-order valence-electron chi connectivity index (χ0n) is 37.2. The number of hydrogen-bond donors (Lipinski definition) is 0. The minimum atomic E-state index is -0.288. The third kappa shape index (κ3) is 6.14. The lowest BCUT2D eigenvalue weighted by atomic mass is 9.98. The van der Waals surface area contributed by atoms with E-state index >= 15 is 0 Å². The number of hydrogen-bond acceptors (Lipinski definition) is 4. The first-order valence-corrected chi connectivity index (χ1v) is 20.5. The fourth-order valence-corrected chi connectivity index (χ4v) is 8.59. The Labute approximate surface area is 363 Å². The second kappa shape index (κ2) is 14.7. The lowest BCUT2D eigenvalue weighted by Crippen LogP contribution is -2.01. The molecule has 9 aromatic carbocycles. The van der Waals surface area contributed by atoms with Crippen LogP contribution in [0.3, 0.4) is 0 Å². The van der Waals surface area contributed by atoms with Crippen LogP contribution in [0.15, 0.2) is 223 Å². The largest absolute Gasteiger partial charge is 0.456 e. The monoisotopic (exact) mass is 796 g/mol. The van der Waals surface area contributed by atoms with E-state index < -0.39 is 0 Å². The molecule has 0 bridgehead atoms. The minimum Gasteiger partial charge on any atom is -0.456 e. The summed E-state index contributed by atoms with van der Waals surface area (Å²) in [6.07, 6.45) is 0. The Morgan fingerprint density at radius 2 is 0.903 bits per heavy atom. The third-order valence-corrected chi connectivity index (χ3v) is 11.6. The maximum Gasteiger partial charge on any atom is 0.164 e. The standard InChI is InChI=1S/C57H36N4O/c1-3-13-37(14-4-1)39-25-27-40(28-26-39)46-21-12-22-50-47-19-7-9-23-51(47)61(54(46)50)45-32-29-41(30-33-45)55-58-56(43-18-11-17-42(35-43)38-15-5-2-6-16-38)60-57(59-55)44-31-34-49-48-20-8-10-24-52(48)62-53(49)36-44/h1-36H/i7D,9D,19D,23D. The second-order valence-corrected chi connectivity index (χ2v) is 15.3. The number of para-hydroxylation sites is 3. The van der Waals surface area contributed by atoms with Crippen LogP contribution in [0.2, 0.25) is 0 Å². The molecule has 12 rings (SSSR count). The molecule has 3 aromatic heterocycles. The molecule has 0 atom stereocenters. The van der Waals surface area contributed by atoms with Crippen molar-refractivity contribution in [3.8, 4) is 73.2 Å². The minimum absolute atomic E-state index is 0.0784. The van der Waals surface area contributed by atoms with E-state index in [0.717, 1.165) is 88.6 Å². The molecule has 62 heavy (non-hydrogen) atoms. The van der Waals surface area contributed by atoms with Crippen molar-refractivity contribution >= 4 is 43.7 Å². The molecule has 12 aromatic rings. The van der Waals surface area contributed by atoms with Crippen LogP contribution in [-0.2, 0) is 0 Å². The van der Waals surface area contributed by atoms with Crippen molar-refractivity contribution in [2.24, 2.45) is 0 Å². The van der Waals surface area contributed by atoms with Gasteiger partial charge in [-0.05, 0) is 82.4 Å². The Bertz CT molecular complexity index is 3850. The highest BCUT2D eigenvalue weighted by molar-refractivity contribution is 6.14. The van der Waals surface area contributed by atoms with Gasteiger partial charge in [0.15, 0.2) is 17.5 Å². The molecular formula is C57H36N4O. The van der Waals surface area contributed by atoms with Crippen LogP contribution in [-0.4, -0.2) is 19.5 Å². The Balaban J connectivity index is 1.02. The number of furan rings is 1. The molecule has 0 radical (unpaired) electrons. The second-order valence-electron chi connectivity index (χ2n) is 15.3. The molecule has 5 nitrogen and oxygen atoms in total. The van der Waals surface area contributed by atoms with E-state index in [1.165, 1.54) is 0 Å². The predicted octanol–water partition coefficient (Wildman–Crippen LogP) is 14.9. The molecule has 0 amide bonds. The van der Waals surface area contributed by atoms with Crippen LogP contribution in [0.5, 0.6) is 0 Å². The van der Waals surface area contributed by atoms with E-state index in [4.69, 9.17) is 23.5 Å². The molecule has 0 fully saturated rings. The molecule has 0 aliphatic heterocycles. The van der Waals surface area contributed by atoms with E-state index in [2.05, 4.69) is 72.8 Å². The number of fused-ring (bicyclic) bond motifs is 6. The SMILES string of the molecule is [2H]c1c([2H])c([2H])c2c(c1[2H])c1cccc(-c3ccc(-c4ccccc4)cc3)c1n2-c1ccc(-c2nc(-c3cccc(-c4ccccc4)c3)nc(-c3ccc4c(c3)oc3ccccc34)n2)cc1. The molecule has 0 aliphatic rings. The predicted molar refractivity (Wildman–Crippen MR) is 254 cm³/mol. The van der Waals surface area contributed by atoms with Crippen LogP contribution >= 0.6 is 0 Å². The average Bonchev–Trinajstić information content (AvgIpc) is 3.94. The normalized spacial score (nSPS) is 12.5. The van der Waals surface area contributed by atoms with Crippen LogP contribution in [0.4, 0.5) is 0 Å². The zero-order chi connectivity index (χ0) is 44.5. The van der Waals surface area contributed by atoms with Crippen molar-refractivity contribution < 1.29 is 9.90 Å². The van der Waals surface area contributed by atoms with Gasteiger partial charge < -0.3 is 8.98 Å². The molecule has 3 heterocycles. The maximum atomic E-state index is 9.24. The summed E-state index contributed by atoms with van der Waals surface area (Å²) in [5, 5.41) is 3.25. The van der Waals surface area contributed by atoms with Gasteiger partial charge in [0, 0.05) is 49.5 Å². The molecule has 290 valence electrons. The molecule has 0 spiro atoms. The van der Waals surface area contributed by atoms with Crippen molar-refractivity contribution in [1.29, 1.82) is 0 Å². The summed E-state index contributed by atoms with van der Waals surface area (Å²) >= 11 is 0. The van der Waals surface area contributed by atoms with E-state index in [1.54, 1.807) is 0 Å². The fourth-order valence-electron chi connectivity index (χ4n) is 8.59. The van der Waals surface area contributed by atoms with E-state index in [0.29, 0.717) is 28.4 Å². The molecule has 0 saturated heterocycles. The first-order chi connectivity index (χ1) is 32.4. The summed E-state index contributed by atoms with van der Waals surface area (Å²) in [6.45, 7) is 0. The van der Waals surface area contributed by atoms with Crippen LogP contribution < -0.4 is 0 Å². The molecule has 0 unspecified atom stereocenters. The number of rotatable bonds is 7. The molecule has 0 N–H and O–H groups in total. The summed E-state index contributed by atoms with van der Waals surface area (Å²) in [6, 6.07) is 64.1. The van der Waals surface area contributed by atoms with Gasteiger partial charge >= 0.3 is 0 Å². The summed E-state index contributed by atoms with van der Waals surface area (Å²) in [7, 11) is 0. The van der Waals surface area contributed by atoms with E-state index in [9.17, 15) is 1.37 Å². The Morgan fingerprint density at radius 3 is 1.68 bits per heavy atom. The van der Waals surface area contributed by atoms with Gasteiger partial charge in [-0.25, -0.2) is 15.0 Å². The maximum absolute atomic E-state index is 9.24. The summed E-state index contributed by atoms with van der Waals surface area (Å²) in [5.74, 6) is 1.48. The fraction of sp³-hybridized carbons (Fsp3) is 0. The van der Waals surface area contributed by atoms with Crippen molar-refractivity contribution in [3.05, 3.63) is 218 Å².